The maximum Gasteiger partial charge on any atom is 0.256 e. The van der Waals surface area contributed by atoms with E-state index in [2.05, 4.69) is 15.2 Å². The molecule has 0 aliphatic carbocycles. The van der Waals surface area contributed by atoms with Gasteiger partial charge in [0, 0.05) is 25.9 Å². The number of rotatable bonds is 2. The van der Waals surface area contributed by atoms with E-state index in [0.29, 0.717) is 5.56 Å². The molecule has 1 aliphatic rings. The van der Waals surface area contributed by atoms with E-state index >= 15 is 0 Å². The van der Waals surface area contributed by atoms with Crippen molar-refractivity contribution < 1.29 is 9.32 Å². The second kappa shape index (κ2) is 5.19. The molecule has 0 N–H and O–H groups in total. The molecule has 0 radical (unpaired) electrons. The monoisotopic (exact) mass is 311 g/mol. The van der Waals surface area contributed by atoms with Crippen LogP contribution in [-0.4, -0.2) is 37.3 Å². The molecule has 118 valence electrons. The minimum Gasteiger partial charge on any atom is -0.361 e. The first-order chi connectivity index (χ1) is 11.1. The van der Waals surface area contributed by atoms with Gasteiger partial charge in [-0.05, 0) is 25.8 Å². The molecule has 0 aromatic carbocycles. The van der Waals surface area contributed by atoms with Crippen LogP contribution in [0.2, 0.25) is 0 Å². The van der Waals surface area contributed by atoms with Crippen molar-refractivity contribution in [1.29, 1.82) is 0 Å². The highest BCUT2D eigenvalue weighted by atomic mass is 16.5. The van der Waals surface area contributed by atoms with Crippen molar-refractivity contribution in [2.45, 2.75) is 25.8 Å². The maximum absolute atomic E-state index is 12.9. The standard InChI is InChI=1S/C16H17N5O2/c1-10-6-12(19-23-10)14-4-3-5-21(14)16(22)11-7-15-13(17-8-11)9-18-20(15)2/h6-9,14H,3-5H2,1-2H3. The highest BCUT2D eigenvalue weighted by molar-refractivity contribution is 5.97. The molecule has 1 amide bonds. The highest BCUT2D eigenvalue weighted by Gasteiger charge is 2.32. The minimum absolute atomic E-state index is 0.0243. The lowest BCUT2D eigenvalue weighted by Crippen LogP contribution is -2.30. The summed E-state index contributed by atoms with van der Waals surface area (Å²) in [7, 11) is 1.84. The summed E-state index contributed by atoms with van der Waals surface area (Å²) in [5.41, 5.74) is 3.04. The first-order valence-electron chi connectivity index (χ1n) is 7.65. The summed E-state index contributed by atoms with van der Waals surface area (Å²) >= 11 is 0. The summed E-state index contributed by atoms with van der Waals surface area (Å²) in [6.07, 6.45) is 5.18. The lowest BCUT2D eigenvalue weighted by Gasteiger charge is -2.22. The van der Waals surface area contributed by atoms with Gasteiger partial charge in [0.15, 0.2) is 0 Å². The van der Waals surface area contributed by atoms with Gasteiger partial charge >= 0.3 is 0 Å². The SMILES string of the molecule is Cc1cc(C2CCCN2C(=O)c2cnc3cnn(C)c3c2)no1. The third-order valence-corrected chi connectivity index (χ3v) is 4.35. The highest BCUT2D eigenvalue weighted by Crippen LogP contribution is 2.32. The molecular formula is C16H17N5O2. The Morgan fingerprint density at radius 1 is 1.35 bits per heavy atom. The molecule has 23 heavy (non-hydrogen) atoms. The number of nitrogens with zero attached hydrogens (tertiary/aromatic N) is 5. The van der Waals surface area contributed by atoms with Crippen LogP contribution in [0, 0.1) is 6.92 Å². The normalized spacial score (nSPS) is 18.0. The molecular weight excluding hydrogens is 294 g/mol. The smallest absolute Gasteiger partial charge is 0.256 e. The maximum atomic E-state index is 12.9. The fourth-order valence-electron chi connectivity index (χ4n) is 3.17. The minimum atomic E-state index is -0.0258. The van der Waals surface area contributed by atoms with Crippen LogP contribution in [-0.2, 0) is 7.05 Å². The van der Waals surface area contributed by atoms with Gasteiger partial charge in [0.2, 0.25) is 0 Å². The molecule has 3 aromatic heterocycles. The van der Waals surface area contributed by atoms with E-state index in [4.69, 9.17) is 4.52 Å². The van der Waals surface area contributed by atoms with Crippen LogP contribution in [0.3, 0.4) is 0 Å². The largest absolute Gasteiger partial charge is 0.361 e. The zero-order valence-corrected chi connectivity index (χ0v) is 13.1. The van der Waals surface area contributed by atoms with Crippen molar-refractivity contribution >= 4 is 16.9 Å². The zero-order chi connectivity index (χ0) is 16.0. The van der Waals surface area contributed by atoms with Crippen molar-refractivity contribution in [3.63, 3.8) is 0 Å². The lowest BCUT2D eigenvalue weighted by atomic mass is 10.1. The van der Waals surface area contributed by atoms with Crippen LogP contribution >= 0.6 is 0 Å². The molecule has 1 fully saturated rings. The van der Waals surface area contributed by atoms with Crippen molar-refractivity contribution in [3.05, 3.63) is 41.5 Å². The summed E-state index contributed by atoms with van der Waals surface area (Å²) in [4.78, 5) is 19.1. The van der Waals surface area contributed by atoms with E-state index in [0.717, 1.165) is 41.9 Å². The fourth-order valence-corrected chi connectivity index (χ4v) is 3.17. The Morgan fingerprint density at radius 3 is 3.00 bits per heavy atom. The Labute approximate surface area is 132 Å². The number of carbonyl (C=O) groups excluding carboxylic acids is 1. The number of amides is 1. The molecule has 1 aliphatic heterocycles. The van der Waals surface area contributed by atoms with Gasteiger partial charge in [-0.2, -0.15) is 5.10 Å². The summed E-state index contributed by atoms with van der Waals surface area (Å²) in [6, 6.07) is 3.72. The predicted molar refractivity (Wildman–Crippen MR) is 82.8 cm³/mol. The number of carbonyl (C=O) groups is 1. The van der Waals surface area contributed by atoms with Gasteiger partial charge in [-0.3, -0.25) is 14.5 Å². The molecule has 0 bridgehead atoms. The molecule has 0 saturated carbocycles. The third kappa shape index (κ3) is 2.28. The summed E-state index contributed by atoms with van der Waals surface area (Å²) in [5, 5.41) is 8.25. The summed E-state index contributed by atoms with van der Waals surface area (Å²) in [5.74, 6) is 0.737. The molecule has 7 heteroatoms. The van der Waals surface area contributed by atoms with E-state index in [9.17, 15) is 4.79 Å². The van der Waals surface area contributed by atoms with E-state index in [1.165, 1.54) is 0 Å². The number of pyridine rings is 1. The van der Waals surface area contributed by atoms with Crippen LogP contribution in [0.5, 0.6) is 0 Å². The van der Waals surface area contributed by atoms with Crippen LogP contribution < -0.4 is 0 Å². The molecule has 3 aromatic rings. The molecule has 1 saturated heterocycles. The van der Waals surface area contributed by atoms with Gasteiger partial charge in [0.1, 0.15) is 17.0 Å². The van der Waals surface area contributed by atoms with E-state index in [-0.39, 0.29) is 11.9 Å². The first kappa shape index (κ1) is 13.9. The van der Waals surface area contributed by atoms with Crippen LogP contribution in [0.25, 0.3) is 11.0 Å². The van der Waals surface area contributed by atoms with Gasteiger partial charge in [-0.1, -0.05) is 5.16 Å². The Kier molecular flexibility index (Phi) is 3.14. The Balaban J connectivity index is 1.67. The molecule has 7 nitrogen and oxygen atoms in total. The second-order valence-electron chi connectivity index (χ2n) is 5.92. The Hall–Kier alpha value is -2.70. The number of likely N-dealkylation sites (tertiary alicyclic amines) is 1. The number of fused-ring (bicyclic) bond motifs is 1. The van der Waals surface area contributed by atoms with E-state index in [1.807, 2.05) is 31.0 Å². The number of hydrogen-bond donors (Lipinski definition) is 0. The van der Waals surface area contributed by atoms with Gasteiger partial charge in [-0.15, -0.1) is 0 Å². The fraction of sp³-hybridized carbons (Fsp3) is 0.375. The molecule has 4 rings (SSSR count). The van der Waals surface area contributed by atoms with Crippen molar-refractivity contribution in [2.24, 2.45) is 7.05 Å². The number of hydrogen-bond acceptors (Lipinski definition) is 5. The molecule has 4 heterocycles. The Morgan fingerprint density at radius 2 is 2.22 bits per heavy atom. The van der Waals surface area contributed by atoms with E-state index < -0.39 is 0 Å². The molecule has 0 spiro atoms. The van der Waals surface area contributed by atoms with Crippen LogP contribution in [0.15, 0.2) is 29.0 Å². The van der Waals surface area contributed by atoms with Crippen molar-refractivity contribution in [1.82, 2.24) is 24.8 Å². The van der Waals surface area contributed by atoms with Gasteiger partial charge in [0.25, 0.3) is 5.91 Å². The van der Waals surface area contributed by atoms with Gasteiger partial charge < -0.3 is 9.42 Å². The Bertz CT molecular complexity index is 882. The van der Waals surface area contributed by atoms with Crippen LogP contribution in [0.1, 0.15) is 40.7 Å². The second-order valence-corrected chi connectivity index (χ2v) is 5.92. The van der Waals surface area contributed by atoms with Crippen molar-refractivity contribution in [3.8, 4) is 0 Å². The summed E-state index contributed by atoms with van der Waals surface area (Å²) < 4.78 is 6.89. The topological polar surface area (TPSA) is 77.1 Å². The number of aromatic nitrogens is 4. The zero-order valence-electron chi connectivity index (χ0n) is 13.1. The number of aryl methyl sites for hydroxylation is 2. The van der Waals surface area contributed by atoms with E-state index in [1.54, 1.807) is 17.1 Å². The first-order valence-corrected chi connectivity index (χ1v) is 7.65. The molecule has 1 atom stereocenters. The van der Waals surface area contributed by atoms with Gasteiger partial charge in [0.05, 0.1) is 23.3 Å². The predicted octanol–water partition coefficient (Wildman–Crippen LogP) is 2.24. The third-order valence-electron chi connectivity index (χ3n) is 4.35. The summed E-state index contributed by atoms with van der Waals surface area (Å²) in [6.45, 7) is 2.58. The van der Waals surface area contributed by atoms with Gasteiger partial charge in [-0.25, -0.2) is 0 Å². The average molecular weight is 311 g/mol. The average Bonchev–Trinajstić information content (AvgIpc) is 3.26. The quantitative estimate of drug-likeness (QED) is 0.725. The lowest BCUT2D eigenvalue weighted by molar-refractivity contribution is 0.0730. The van der Waals surface area contributed by atoms with Crippen molar-refractivity contribution in [2.75, 3.05) is 6.54 Å². The van der Waals surface area contributed by atoms with Crippen LogP contribution in [0.4, 0.5) is 0 Å². The molecule has 1 unspecified atom stereocenters.